The van der Waals surface area contributed by atoms with Crippen LogP contribution in [0.5, 0.6) is 0 Å². The average Bonchev–Trinajstić information content (AvgIpc) is 2.40. The van der Waals surface area contributed by atoms with Gasteiger partial charge in [-0.2, -0.15) is 0 Å². The molecule has 0 saturated carbocycles. The molecule has 0 radical (unpaired) electrons. The van der Waals surface area contributed by atoms with Gasteiger partial charge in [0.1, 0.15) is 5.82 Å². The number of anilines is 1. The highest BCUT2D eigenvalue weighted by Gasteiger charge is 2.11. The number of aryl methyl sites for hydroxylation is 1. The maximum absolute atomic E-state index is 13.0. The molecular formula is C15H15FN2O. The molecule has 0 spiro atoms. The number of aromatic nitrogens is 1. The molecule has 0 saturated heterocycles. The maximum Gasteiger partial charge on any atom is 0.224 e. The zero-order chi connectivity index (χ0) is 13.8. The fourth-order valence-electron chi connectivity index (χ4n) is 1.89. The van der Waals surface area contributed by atoms with E-state index >= 15 is 0 Å². The van der Waals surface area contributed by atoms with Crippen LogP contribution in [0.4, 0.5) is 10.1 Å². The normalized spacial score (nSPS) is 10.3. The fourth-order valence-corrected chi connectivity index (χ4v) is 1.89. The molecule has 3 nitrogen and oxygen atoms in total. The van der Waals surface area contributed by atoms with Crippen molar-refractivity contribution in [2.75, 3.05) is 5.32 Å². The zero-order valence-electron chi connectivity index (χ0n) is 10.9. The van der Waals surface area contributed by atoms with Crippen molar-refractivity contribution in [3.63, 3.8) is 0 Å². The lowest BCUT2D eigenvalue weighted by molar-refractivity contribution is -0.115. The van der Waals surface area contributed by atoms with E-state index < -0.39 is 0 Å². The number of nitrogens with zero attached hydrogens (tertiary/aromatic N) is 1. The van der Waals surface area contributed by atoms with Gasteiger partial charge in [-0.25, -0.2) is 4.39 Å². The number of hydrogen-bond donors (Lipinski definition) is 1. The molecule has 0 aliphatic rings. The largest absolute Gasteiger partial charge is 0.325 e. The van der Waals surface area contributed by atoms with Crippen molar-refractivity contribution in [3.05, 3.63) is 48.0 Å². The third-order valence-electron chi connectivity index (χ3n) is 2.87. The van der Waals surface area contributed by atoms with Crippen molar-refractivity contribution >= 4 is 11.6 Å². The van der Waals surface area contributed by atoms with Crippen LogP contribution in [0.2, 0.25) is 0 Å². The number of carbonyl (C=O) groups excluding carboxylic acids is 1. The highest BCUT2D eigenvalue weighted by molar-refractivity contribution is 5.95. The highest BCUT2D eigenvalue weighted by atomic mass is 19.1. The third-order valence-corrected chi connectivity index (χ3v) is 2.87. The summed E-state index contributed by atoms with van der Waals surface area (Å²) in [5.74, 6) is -0.349. The lowest BCUT2D eigenvalue weighted by Crippen LogP contribution is -2.11. The van der Waals surface area contributed by atoms with Gasteiger partial charge in [-0.3, -0.25) is 9.78 Å². The average molecular weight is 258 g/mol. The summed E-state index contributed by atoms with van der Waals surface area (Å²) in [7, 11) is 0. The highest BCUT2D eigenvalue weighted by Crippen LogP contribution is 2.30. The lowest BCUT2D eigenvalue weighted by atomic mass is 10.0. The van der Waals surface area contributed by atoms with E-state index in [0.717, 1.165) is 16.8 Å². The van der Waals surface area contributed by atoms with Crippen LogP contribution in [0.1, 0.15) is 19.0 Å². The van der Waals surface area contributed by atoms with Gasteiger partial charge in [0.25, 0.3) is 0 Å². The maximum atomic E-state index is 13.0. The summed E-state index contributed by atoms with van der Waals surface area (Å²) in [4.78, 5) is 15.8. The molecular weight excluding hydrogens is 243 g/mol. The minimum atomic E-state index is -0.288. The Balaban J connectivity index is 2.48. The van der Waals surface area contributed by atoms with Crippen molar-refractivity contribution < 1.29 is 9.18 Å². The number of rotatable bonds is 3. The smallest absolute Gasteiger partial charge is 0.224 e. The number of amides is 1. The molecule has 0 aliphatic carbocycles. The third kappa shape index (κ3) is 2.96. The molecule has 1 heterocycles. The summed E-state index contributed by atoms with van der Waals surface area (Å²) < 4.78 is 13.0. The summed E-state index contributed by atoms with van der Waals surface area (Å²) >= 11 is 0. The monoisotopic (exact) mass is 258 g/mol. The first-order valence-corrected chi connectivity index (χ1v) is 6.13. The van der Waals surface area contributed by atoms with E-state index in [-0.39, 0.29) is 11.7 Å². The molecule has 2 rings (SSSR count). The number of nitrogens with one attached hydrogen (secondary N) is 1. The summed E-state index contributed by atoms with van der Waals surface area (Å²) in [5, 5.41) is 2.84. The molecule has 1 aromatic carbocycles. The number of hydrogen-bond acceptors (Lipinski definition) is 2. The minimum Gasteiger partial charge on any atom is -0.325 e. The molecule has 1 amide bonds. The van der Waals surface area contributed by atoms with Crippen LogP contribution in [-0.4, -0.2) is 10.9 Å². The van der Waals surface area contributed by atoms with E-state index in [0.29, 0.717) is 12.1 Å². The van der Waals surface area contributed by atoms with E-state index in [1.54, 1.807) is 31.3 Å². The number of benzene rings is 1. The van der Waals surface area contributed by atoms with Gasteiger partial charge in [-0.05, 0) is 30.7 Å². The van der Waals surface area contributed by atoms with Gasteiger partial charge >= 0.3 is 0 Å². The molecule has 0 unspecified atom stereocenters. The Morgan fingerprint density at radius 3 is 2.58 bits per heavy atom. The molecule has 4 heteroatoms. The Morgan fingerprint density at radius 1 is 1.26 bits per heavy atom. The first-order chi connectivity index (χ1) is 9.11. The van der Waals surface area contributed by atoms with E-state index in [9.17, 15) is 9.18 Å². The number of pyridine rings is 1. The SMILES string of the molecule is CCC(=O)Nc1ccnc(C)c1-c1ccc(F)cc1. The van der Waals surface area contributed by atoms with E-state index in [4.69, 9.17) is 0 Å². The summed E-state index contributed by atoms with van der Waals surface area (Å²) in [5.41, 5.74) is 3.15. The topological polar surface area (TPSA) is 42.0 Å². The Bertz CT molecular complexity index is 594. The van der Waals surface area contributed by atoms with Crippen LogP contribution in [0.3, 0.4) is 0 Å². The van der Waals surface area contributed by atoms with Crippen molar-refractivity contribution in [3.8, 4) is 11.1 Å². The molecule has 0 fully saturated rings. The molecule has 19 heavy (non-hydrogen) atoms. The molecule has 1 aromatic heterocycles. The quantitative estimate of drug-likeness (QED) is 0.914. The first-order valence-electron chi connectivity index (χ1n) is 6.13. The van der Waals surface area contributed by atoms with Crippen LogP contribution in [-0.2, 0) is 4.79 Å². The van der Waals surface area contributed by atoms with E-state index in [1.807, 2.05) is 6.92 Å². The van der Waals surface area contributed by atoms with Gasteiger partial charge in [-0.15, -0.1) is 0 Å². The van der Waals surface area contributed by atoms with Gasteiger partial charge < -0.3 is 5.32 Å². The van der Waals surface area contributed by atoms with Crippen LogP contribution < -0.4 is 5.32 Å². The van der Waals surface area contributed by atoms with Crippen LogP contribution in [0.25, 0.3) is 11.1 Å². The second-order valence-corrected chi connectivity index (χ2v) is 4.23. The summed E-state index contributed by atoms with van der Waals surface area (Å²) in [6, 6.07) is 7.90. The minimum absolute atomic E-state index is 0.0611. The Labute approximate surface area is 111 Å². The van der Waals surface area contributed by atoms with Crippen molar-refractivity contribution in [2.24, 2.45) is 0 Å². The van der Waals surface area contributed by atoms with Crippen LogP contribution in [0, 0.1) is 12.7 Å². The zero-order valence-corrected chi connectivity index (χ0v) is 10.9. The Morgan fingerprint density at radius 2 is 1.95 bits per heavy atom. The Kier molecular flexibility index (Phi) is 3.90. The van der Waals surface area contributed by atoms with E-state index in [2.05, 4.69) is 10.3 Å². The predicted octanol–water partition coefficient (Wildman–Crippen LogP) is 3.54. The van der Waals surface area contributed by atoms with Gasteiger partial charge in [-0.1, -0.05) is 19.1 Å². The molecule has 0 atom stereocenters. The van der Waals surface area contributed by atoms with Gasteiger partial charge in [0.15, 0.2) is 0 Å². The van der Waals surface area contributed by atoms with Gasteiger partial charge in [0.05, 0.1) is 5.69 Å². The standard InChI is InChI=1S/C15H15FN2O/c1-3-14(19)18-13-8-9-17-10(2)15(13)11-4-6-12(16)7-5-11/h4-9H,3H2,1-2H3,(H,17,18,19). The van der Waals surface area contributed by atoms with Crippen molar-refractivity contribution in [2.45, 2.75) is 20.3 Å². The van der Waals surface area contributed by atoms with Gasteiger partial charge in [0.2, 0.25) is 5.91 Å². The summed E-state index contributed by atoms with van der Waals surface area (Å²) in [6.45, 7) is 3.65. The Hall–Kier alpha value is -2.23. The second kappa shape index (κ2) is 5.61. The van der Waals surface area contributed by atoms with E-state index in [1.165, 1.54) is 12.1 Å². The first kappa shape index (κ1) is 13.2. The molecule has 0 aliphatic heterocycles. The molecule has 0 bridgehead atoms. The van der Waals surface area contributed by atoms with Crippen LogP contribution in [0.15, 0.2) is 36.5 Å². The fraction of sp³-hybridized carbons (Fsp3) is 0.200. The van der Waals surface area contributed by atoms with Gasteiger partial charge in [0, 0.05) is 23.9 Å². The number of halogens is 1. The molecule has 98 valence electrons. The summed E-state index contributed by atoms with van der Waals surface area (Å²) in [6.07, 6.45) is 2.05. The van der Waals surface area contributed by atoms with Crippen LogP contribution >= 0.6 is 0 Å². The lowest BCUT2D eigenvalue weighted by Gasteiger charge is -2.13. The predicted molar refractivity (Wildman–Crippen MR) is 73.3 cm³/mol. The molecule has 2 aromatic rings. The second-order valence-electron chi connectivity index (χ2n) is 4.23. The van der Waals surface area contributed by atoms with Crippen molar-refractivity contribution in [1.82, 2.24) is 4.98 Å². The number of carbonyl (C=O) groups is 1. The van der Waals surface area contributed by atoms with Crippen molar-refractivity contribution in [1.29, 1.82) is 0 Å². The molecule has 1 N–H and O–H groups in total.